The highest BCUT2D eigenvalue weighted by atomic mass is 19.2. The third kappa shape index (κ3) is 4.07. The van der Waals surface area contributed by atoms with Crippen molar-refractivity contribution in [1.29, 1.82) is 0 Å². The van der Waals surface area contributed by atoms with E-state index in [0.29, 0.717) is 19.6 Å². The summed E-state index contributed by atoms with van der Waals surface area (Å²) in [5.74, 6) is -1.84. The SMILES string of the molecule is CCCCCC1=CCC(c2ccc(OCC)c(F)c2F)OC1. The minimum absolute atomic E-state index is 0.0460. The Morgan fingerprint density at radius 3 is 2.64 bits per heavy atom. The molecule has 1 aliphatic heterocycles. The van der Waals surface area contributed by atoms with E-state index in [1.807, 2.05) is 0 Å². The van der Waals surface area contributed by atoms with Crippen molar-refractivity contribution >= 4 is 0 Å². The second-order valence-corrected chi connectivity index (χ2v) is 5.57. The third-order valence-electron chi connectivity index (χ3n) is 3.92. The highest BCUT2D eigenvalue weighted by Crippen LogP contribution is 2.33. The van der Waals surface area contributed by atoms with E-state index in [1.165, 1.54) is 24.5 Å². The summed E-state index contributed by atoms with van der Waals surface area (Å²) in [4.78, 5) is 0. The Kier molecular flexibility index (Phi) is 6.37. The molecule has 122 valence electrons. The molecule has 0 bridgehead atoms. The zero-order chi connectivity index (χ0) is 15.9. The van der Waals surface area contributed by atoms with Crippen molar-refractivity contribution in [3.8, 4) is 5.75 Å². The number of unbranched alkanes of at least 4 members (excludes halogenated alkanes) is 2. The number of hydrogen-bond acceptors (Lipinski definition) is 2. The lowest BCUT2D eigenvalue weighted by atomic mass is 9.99. The van der Waals surface area contributed by atoms with Crippen LogP contribution in [0, 0.1) is 11.6 Å². The molecule has 2 rings (SSSR count). The maximum absolute atomic E-state index is 14.2. The van der Waals surface area contributed by atoms with Crippen LogP contribution in [0.15, 0.2) is 23.8 Å². The summed E-state index contributed by atoms with van der Waals surface area (Å²) < 4.78 is 38.9. The average molecular weight is 310 g/mol. The molecule has 0 radical (unpaired) electrons. The Hall–Kier alpha value is -1.42. The quantitative estimate of drug-likeness (QED) is 0.500. The molecule has 4 heteroatoms. The van der Waals surface area contributed by atoms with Crippen molar-refractivity contribution in [2.45, 2.75) is 52.1 Å². The normalized spacial score (nSPS) is 18.2. The van der Waals surface area contributed by atoms with Gasteiger partial charge in [0.1, 0.15) is 0 Å². The first-order chi connectivity index (χ1) is 10.7. The van der Waals surface area contributed by atoms with E-state index >= 15 is 0 Å². The molecule has 0 saturated carbocycles. The van der Waals surface area contributed by atoms with Crippen molar-refractivity contribution < 1.29 is 18.3 Å². The van der Waals surface area contributed by atoms with Crippen molar-refractivity contribution in [2.24, 2.45) is 0 Å². The van der Waals surface area contributed by atoms with Gasteiger partial charge in [-0.2, -0.15) is 4.39 Å². The first kappa shape index (κ1) is 16.9. The Bertz CT molecular complexity index is 526. The van der Waals surface area contributed by atoms with Gasteiger partial charge in [-0.25, -0.2) is 4.39 Å². The molecule has 22 heavy (non-hydrogen) atoms. The molecule has 0 N–H and O–H groups in total. The highest BCUT2D eigenvalue weighted by molar-refractivity contribution is 5.33. The van der Waals surface area contributed by atoms with Crippen molar-refractivity contribution in [1.82, 2.24) is 0 Å². The minimum atomic E-state index is -0.930. The molecule has 1 unspecified atom stereocenters. The number of rotatable bonds is 7. The van der Waals surface area contributed by atoms with Gasteiger partial charge in [0, 0.05) is 5.56 Å². The standard InChI is InChI=1S/C18H24F2O2/c1-3-5-6-7-13-8-10-15(22-12-13)14-9-11-16(21-4-2)18(20)17(14)19/h8-9,11,15H,3-7,10,12H2,1-2H3. The summed E-state index contributed by atoms with van der Waals surface area (Å²) in [6.45, 7) is 4.72. The molecule has 2 nitrogen and oxygen atoms in total. The zero-order valence-electron chi connectivity index (χ0n) is 13.3. The molecule has 1 aliphatic rings. The molecular weight excluding hydrogens is 286 g/mol. The lowest BCUT2D eigenvalue weighted by molar-refractivity contribution is 0.0566. The van der Waals surface area contributed by atoms with Gasteiger partial charge in [-0.05, 0) is 43.9 Å². The van der Waals surface area contributed by atoms with Crippen molar-refractivity contribution in [3.63, 3.8) is 0 Å². The predicted molar refractivity (Wildman–Crippen MR) is 83.1 cm³/mol. The second kappa shape index (κ2) is 8.28. The van der Waals surface area contributed by atoms with E-state index in [-0.39, 0.29) is 11.3 Å². The second-order valence-electron chi connectivity index (χ2n) is 5.57. The topological polar surface area (TPSA) is 18.5 Å². The Labute approximate surface area is 131 Å². The number of halogens is 2. The van der Waals surface area contributed by atoms with Crippen LogP contribution in [0.3, 0.4) is 0 Å². The van der Waals surface area contributed by atoms with Gasteiger partial charge in [-0.3, -0.25) is 0 Å². The van der Waals surface area contributed by atoms with Gasteiger partial charge in [-0.1, -0.05) is 25.8 Å². The first-order valence-electron chi connectivity index (χ1n) is 8.07. The Morgan fingerprint density at radius 2 is 2.00 bits per heavy atom. The van der Waals surface area contributed by atoms with Crippen LogP contribution in [0.1, 0.15) is 57.6 Å². The summed E-state index contributed by atoms with van der Waals surface area (Å²) >= 11 is 0. The molecule has 0 amide bonds. The molecule has 1 aromatic carbocycles. The fourth-order valence-electron chi connectivity index (χ4n) is 2.66. The number of hydrogen-bond donors (Lipinski definition) is 0. The lowest BCUT2D eigenvalue weighted by Crippen LogP contribution is -2.14. The van der Waals surface area contributed by atoms with Crippen molar-refractivity contribution in [2.75, 3.05) is 13.2 Å². The van der Waals surface area contributed by atoms with E-state index in [0.717, 1.165) is 12.8 Å². The molecular formula is C18H24F2O2. The predicted octanol–water partition coefficient (Wildman–Crippen LogP) is 5.33. The van der Waals surface area contributed by atoms with Crippen LogP contribution in [0.25, 0.3) is 0 Å². The van der Waals surface area contributed by atoms with Crippen LogP contribution in [-0.2, 0) is 4.74 Å². The fourth-order valence-corrected chi connectivity index (χ4v) is 2.66. The summed E-state index contributed by atoms with van der Waals surface area (Å²) in [6.07, 6.45) is 6.86. The molecule has 0 aliphatic carbocycles. The molecule has 0 fully saturated rings. The maximum Gasteiger partial charge on any atom is 0.200 e. The van der Waals surface area contributed by atoms with Gasteiger partial charge in [0.2, 0.25) is 5.82 Å². The van der Waals surface area contributed by atoms with E-state index in [9.17, 15) is 8.78 Å². The van der Waals surface area contributed by atoms with Gasteiger partial charge in [0.15, 0.2) is 11.6 Å². The largest absolute Gasteiger partial charge is 0.491 e. The van der Waals surface area contributed by atoms with Crippen LogP contribution >= 0.6 is 0 Å². The number of ether oxygens (including phenoxy) is 2. The van der Waals surface area contributed by atoms with Crippen LogP contribution in [0.2, 0.25) is 0 Å². The Morgan fingerprint density at radius 1 is 1.18 bits per heavy atom. The van der Waals surface area contributed by atoms with Crippen LogP contribution in [-0.4, -0.2) is 13.2 Å². The molecule has 0 spiro atoms. The van der Waals surface area contributed by atoms with E-state index in [2.05, 4.69) is 13.0 Å². The maximum atomic E-state index is 14.2. The highest BCUT2D eigenvalue weighted by Gasteiger charge is 2.23. The Balaban J connectivity index is 2.03. The summed E-state index contributed by atoms with van der Waals surface area (Å²) in [5.41, 5.74) is 1.53. The van der Waals surface area contributed by atoms with Gasteiger partial charge in [0.25, 0.3) is 0 Å². The molecule has 0 aromatic heterocycles. The lowest BCUT2D eigenvalue weighted by Gasteiger charge is -2.24. The van der Waals surface area contributed by atoms with Gasteiger partial charge < -0.3 is 9.47 Å². The summed E-state index contributed by atoms with van der Waals surface area (Å²) in [6, 6.07) is 3.03. The van der Waals surface area contributed by atoms with Crippen LogP contribution < -0.4 is 4.74 Å². The fraction of sp³-hybridized carbons (Fsp3) is 0.556. The molecule has 1 atom stereocenters. The molecule has 0 saturated heterocycles. The average Bonchev–Trinajstić information content (AvgIpc) is 2.53. The van der Waals surface area contributed by atoms with E-state index < -0.39 is 17.7 Å². The number of benzene rings is 1. The molecule has 1 heterocycles. The smallest absolute Gasteiger partial charge is 0.200 e. The van der Waals surface area contributed by atoms with Crippen LogP contribution in [0.4, 0.5) is 8.78 Å². The van der Waals surface area contributed by atoms with Crippen LogP contribution in [0.5, 0.6) is 5.75 Å². The summed E-state index contributed by atoms with van der Waals surface area (Å²) in [7, 11) is 0. The monoisotopic (exact) mass is 310 g/mol. The molecule has 1 aromatic rings. The van der Waals surface area contributed by atoms with Gasteiger partial charge >= 0.3 is 0 Å². The summed E-state index contributed by atoms with van der Waals surface area (Å²) in [5, 5.41) is 0. The van der Waals surface area contributed by atoms with Gasteiger partial charge in [-0.15, -0.1) is 0 Å². The zero-order valence-corrected chi connectivity index (χ0v) is 13.3. The first-order valence-corrected chi connectivity index (χ1v) is 8.07. The van der Waals surface area contributed by atoms with E-state index in [4.69, 9.17) is 9.47 Å². The van der Waals surface area contributed by atoms with E-state index in [1.54, 1.807) is 13.0 Å². The van der Waals surface area contributed by atoms with Gasteiger partial charge in [0.05, 0.1) is 19.3 Å². The van der Waals surface area contributed by atoms with Crippen molar-refractivity contribution in [3.05, 3.63) is 41.0 Å². The third-order valence-corrected chi connectivity index (χ3v) is 3.92. The minimum Gasteiger partial charge on any atom is -0.491 e.